The van der Waals surface area contributed by atoms with Crippen LogP contribution in [0, 0.1) is 0 Å². The van der Waals surface area contributed by atoms with Crippen molar-refractivity contribution in [1.29, 1.82) is 0 Å². The molecule has 2 heterocycles. The Morgan fingerprint density at radius 1 is 1.19 bits per heavy atom. The van der Waals surface area contributed by atoms with Crippen molar-refractivity contribution in [2.45, 2.75) is 19.8 Å². The molecule has 108 valence electrons. The highest BCUT2D eigenvalue weighted by Crippen LogP contribution is 2.29. The highest BCUT2D eigenvalue weighted by molar-refractivity contribution is 6.31. The predicted molar refractivity (Wildman–Crippen MR) is 85.8 cm³/mol. The van der Waals surface area contributed by atoms with E-state index in [2.05, 4.69) is 22.2 Å². The van der Waals surface area contributed by atoms with Gasteiger partial charge in [-0.3, -0.25) is 0 Å². The topological polar surface area (TPSA) is 51.0 Å². The molecule has 0 unspecified atom stereocenters. The molecule has 0 saturated carbocycles. The molecule has 3 aromatic rings. The molecule has 0 spiro atoms. The molecule has 4 nitrogen and oxygen atoms in total. The highest BCUT2D eigenvalue weighted by Gasteiger charge is 2.11. The van der Waals surface area contributed by atoms with Crippen molar-refractivity contribution in [2.24, 2.45) is 0 Å². The molecule has 0 amide bonds. The maximum Gasteiger partial charge on any atom is 0.154 e. The number of benzene rings is 1. The van der Waals surface area contributed by atoms with Gasteiger partial charge in [0, 0.05) is 29.9 Å². The summed E-state index contributed by atoms with van der Waals surface area (Å²) in [7, 11) is 1.85. The zero-order chi connectivity index (χ0) is 14.8. The third-order valence-electron chi connectivity index (χ3n) is 3.23. The maximum absolute atomic E-state index is 6.01. The molecule has 1 aromatic carbocycles. The summed E-state index contributed by atoms with van der Waals surface area (Å²) in [6.07, 6.45) is 1.84. The Labute approximate surface area is 128 Å². The van der Waals surface area contributed by atoms with E-state index in [-0.39, 0.29) is 0 Å². The lowest BCUT2D eigenvalue weighted by atomic mass is 10.2. The summed E-state index contributed by atoms with van der Waals surface area (Å²) in [6.45, 7) is 2.11. The summed E-state index contributed by atoms with van der Waals surface area (Å²) in [6, 6.07) is 9.42. The fourth-order valence-electron chi connectivity index (χ4n) is 2.23. The van der Waals surface area contributed by atoms with Crippen molar-refractivity contribution in [3.05, 3.63) is 41.2 Å². The Morgan fingerprint density at radius 2 is 2.05 bits per heavy atom. The molecule has 2 aromatic heterocycles. The summed E-state index contributed by atoms with van der Waals surface area (Å²) in [4.78, 5) is 9.03. The number of hydrogen-bond acceptors (Lipinski definition) is 4. The van der Waals surface area contributed by atoms with E-state index >= 15 is 0 Å². The number of nitrogens with one attached hydrogen (secondary N) is 1. The molecule has 0 aliphatic carbocycles. The van der Waals surface area contributed by atoms with Gasteiger partial charge in [-0.25, -0.2) is 9.97 Å². The number of fused-ring (bicyclic) bond motifs is 1. The Kier molecular flexibility index (Phi) is 3.80. The fraction of sp³-hybridized carbons (Fsp3) is 0.250. The van der Waals surface area contributed by atoms with Gasteiger partial charge >= 0.3 is 0 Å². The largest absolute Gasteiger partial charge is 0.454 e. The van der Waals surface area contributed by atoms with Crippen molar-refractivity contribution in [3.8, 4) is 11.5 Å². The predicted octanol–water partition coefficient (Wildman–Crippen LogP) is 4.54. The van der Waals surface area contributed by atoms with Gasteiger partial charge in [-0.05, 0) is 30.7 Å². The Balaban J connectivity index is 2.10. The third-order valence-corrected chi connectivity index (χ3v) is 3.47. The zero-order valence-corrected chi connectivity index (χ0v) is 12.7. The first-order chi connectivity index (χ1) is 10.2. The molecule has 21 heavy (non-hydrogen) atoms. The summed E-state index contributed by atoms with van der Waals surface area (Å²) >= 11 is 6.01. The number of nitrogens with zero attached hydrogens (tertiary/aromatic N) is 2. The van der Waals surface area contributed by atoms with Crippen LogP contribution in [0.4, 0.5) is 5.82 Å². The smallest absolute Gasteiger partial charge is 0.154 e. The average Bonchev–Trinajstić information content (AvgIpc) is 2.90. The first-order valence-corrected chi connectivity index (χ1v) is 7.32. The molecule has 1 N–H and O–H groups in total. The quantitative estimate of drug-likeness (QED) is 0.769. The number of aryl methyl sites for hydroxylation is 1. The van der Waals surface area contributed by atoms with Gasteiger partial charge < -0.3 is 9.73 Å². The summed E-state index contributed by atoms with van der Waals surface area (Å²) in [5.41, 5.74) is 1.58. The second kappa shape index (κ2) is 5.74. The summed E-state index contributed by atoms with van der Waals surface area (Å²) in [5, 5.41) is 4.73. The van der Waals surface area contributed by atoms with Crippen LogP contribution >= 0.6 is 11.6 Å². The lowest BCUT2D eigenvalue weighted by molar-refractivity contribution is 0.627. The molecule has 0 atom stereocenters. The number of rotatable bonds is 4. The van der Waals surface area contributed by atoms with Crippen molar-refractivity contribution < 1.29 is 4.42 Å². The molecular formula is C16H16ClN3O. The molecule has 3 rings (SSSR count). The number of anilines is 1. The SMILES string of the molecule is CCCc1nc(NC)cc(-c2cc3cc(Cl)ccc3o2)n1. The Bertz CT molecular complexity index is 782. The van der Waals surface area contributed by atoms with Crippen molar-refractivity contribution in [3.63, 3.8) is 0 Å². The van der Waals surface area contributed by atoms with Crippen LogP contribution in [-0.2, 0) is 6.42 Å². The minimum atomic E-state index is 0.695. The fourth-order valence-corrected chi connectivity index (χ4v) is 2.41. The molecule has 0 saturated heterocycles. The van der Waals surface area contributed by atoms with Crippen LogP contribution in [0.1, 0.15) is 19.2 Å². The van der Waals surface area contributed by atoms with Gasteiger partial charge in [-0.1, -0.05) is 18.5 Å². The van der Waals surface area contributed by atoms with Crippen molar-refractivity contribution >= 4 is 28.4 Å². The van der Waals surface area contributed by atoms with Gasteiger partial charge in [0.25, 0.3) is 0 Å². The number of hydrogen-bond donors (Lipinski definition) is 1. The second-order valence-electron chi connectivity index (χ2n) is 4.85. The van der Waals surface area contributed by atoms with Crippen molar-refractivity contribution in [1.82, 2.24) is 9.97 Å². The first-order valence-electron chi connectivity index (χ1n) is 6.95. The number of halogens is 1. The van der Waals surface area contributed by atoms with Crippen LogP contribution in [0.25, 0.3) is 22.4 Å². The van der Waals surface area contributed by atoms with Crippen LogP contribution in [0.2, 0.25) is 5.02 Å². The van der Waals surface area contributed by atoms with Crippen LogP contribution in [-0.4, -0.2) is 17.0 Å². The zero-order valence-electron chi connectivity index (χ0n) is 12.0. The lowest BCUT2D eigenvalue weighted by Gasteiger charge is -2.05. The molecule has 5 heteroatoms. The average molecular weight is 302 g/mol. The van der Waals surface area contributed by atoms with E-state index in [1.54, 1.807) is 0 Å². The van der Waals surface area contributed by atoms with Crippen LogP contribution in [0.5, 0.6) is 0 Å². The van der Waals surface area contributed by atoms with Gasteiger partial charge in [-0.2, -0.15) is 0 Å². The number of furan rings is 1. The molecular weight excluding hydrogens is 286 g/mol. The van der Waals surface area contributed by atoms with Gasteiger partial charge in [0.1, 0.15) is 22.9 Å². The van der Waals surface area contributed by atoms with E-state index in [1.807, 2.05) is 37.4 Å². The second-order valence-corrected chi connectivity index (χ2v) is 5.28. The van der Waals surface area contributed by atoms with Crippen LogP contribution in [0.3, 0.4) is 0 Å². The molecule has 0 bridgehead atoms. The van der Waals surface area contributed by atoms with Gasteiger partial charge in [0.05, 0.1) is 0 Å². The normalized spacial score (nSPS) is 11.0. The summed E-state index contributed by atoms with van der Waals surface area (Å²) < 4.78 is 5.87. The first kappa shape index (κ1) is 13.9. The van der Waals surface area contributed by atoms with Gasteiger partial charge in [0.2, 0.25) is 0 Å². The minimum Gasteiger partial charge on any atom is -0.454 e. The Hall–Kier alpha value is -2.07. The van der Waals surface area contributed by atoms with Gasteiger partial charge in [-0.15, -0.1) is 0 Å². The van der Waals surface area contributed by atoms with E-state index < -0.39 is 0 Å². The monoisotopic (exact) mass is 301 g/mol. The molecule has 0 aliphatic heterocycles. The molecule has 0 fully saturated rings. The third kappa shape index (κ3) is 2.85. The highest BCUT2D eigenvalue weighted by atomic mass is 35.5. The standard InChI is InChI=1S/C16H16ClN3O/c1-3-4-15-19-12(9-16(18-2)20-15)14-8-10-7-11(17)5-6-13(10)21-14/h5-9H,3-4H2,1-2H3,(H,18,19,20). The lowest BCUT2D eigenvalue weighted by Crippen LogP contribution is -2.01. The minimum absolute atomic E-state index is 0.695. The summed E-state index contributed by atoms with van der Waals surface area (Å²) in [5.74, 6) is 2.34. The van der Waals surface area contributed by atoms with E-state index in [4.69, 9.17) is 16.0 Å². The van der Waals surface area contributed by atoms with E-state index in [0.29, 0.717) is 5.02 Å². The van der Waals surface area contributed by atoms with Crippen LogP contribution < -0.4 is 5.32 Å². The molecule has 0 aliphatic rings. The molecule has 0 radical (unpaired) electrons. The van der Waals surface area contributed by atoms with E-state index in [1.165, 1.54) is 0 Å². The number of aromatic nitrogens is 2. The van der Waals surface area contributed by atoms with Gasteiger partial charge in [0.15, 0.2) is 5.76 Å². The Morgan fingerprint density at radius 3 is 2.81 bits per heavy atom. The van der Waals surface area contributed by atoms with Crippen molar-refractivity contribution in [2.75, 3.05) is 12.4 Å². The van der Waals surface area contributed by atoms with E-state index in [0.717, 1.165) is 46.9 Å². The van der Waals surface area contributed by atoms with E-state index in [9.17, 15) is 0 Å². The maximum atomic E-state index is 6.01. The van der Waals surface area contributed by atoms with Crippen LogP contribution in [0.15, 0.2) is 34.7 Å².